The molecule has 0 aliphatic carbocycles. The number of amides is 2. The fraction of sp³-hybridized carbons (Fsp3) is 0.333. The van der Waals surface area contributed by atoms with Crippen LogP contribution in [0.3, 0.4) is 0 Å². The lowest BCUT2D eigenvalue weighted by Crippen LogP contribution is -2.25. The van der Waals surface area contributed by atoms with Gasteiger partial charge in [0, 0.05) is 24.3 Å². The standard InChI is InChI=1S/C15H17N5O2/c1-11(20-10-16-9-17-20)15(22)18-12-4-6-13(7-5-12)19-8-2-3-14(19)21/h4-7,9-11H,2-3,8H2,1H3,(H,18,22). The van der Waals surface area contributed by atoms with E-state index in [9.17, 15) is 9.59 Å². The van der Waals surface area contributed by atoms with E-state index in [0.717, 1.165) is 18.7 Å². The third-order valence-electron chi connectivity index (χ3n) is 3.73. The molecule has 114 valence electrons. The van der Waals surface area contributed by atoms with Gasteiger partial charge in [0.1, 0.15) is 18.7 Å². The molecule has 7 heteroatoms. The van der Waals surface area contributed by atoms with Crippen LogP contribution in [0.5, 0.6) is 0 Å². The van der Waals surface area contributed by atoms with Crippen LogP contribution in [0.2, 0.25) is 0 Å². The number of anilines is 2. The molecule has 2 aromatic rings. The van der Waals surface area contributed by atoms with Gasteiger partial charge in [-0.1, -0.05) is 0 Å². The minimum absolute atomic E-state index is 0.150. The summed E-state index contributed by atoms with van der Waals surface area (Å²) in [6, 6.07) is 6.85. The summed E-state index contributed by atoms with van der Waals surface area (Å²) in [7, 11) is 0. The van der Waals surface area contributed by atoms with Crippen LogP contribution in [0, 0.1) is 0 Å². The Morgan fingerprint density at radius 1 is 1.32 bits per heavy atom. The summed E-state index contributed by atoms with van der Waals surface area (Å²) in [6.45, 7) is 2.51. The molecule has 0 saturated carbocycles. The van der Waals surface area contributed by atoms with Crippen LogP contribution in [0.15, 0.2) is 36.9 Å². The minimum atomic E-state index is -0.442. The van der Waals surface area contributed by atoms with Crippen molar-refractivity contribution >= 4 is 23.2 Å². The number of hydrogen-bond donors (Lipinski definition) is 1. The van der Waals surface area contributed by atoms with Gasteiger partial charge < -0.3 is 10.2 Å². The van der Waals surface area contributed by atoms with Gasteiger partial charge in [-0.3, -0.25) is 9.59 Å². The Balaban J connectivity index is 1.66. The number of nitrogens with one attached hydrogen (secondary N) is 1. The Hall–Kier alpha value is -2.70. The molecular formula is C15H17N5O2. The maximum absolute atomic E-state index is 12.1. The smallest absolute Gasteiger partial charge is 0.249 e. The summed E-state index contributed by atoms with van der Waals surface area (Å²) in [5, 5.41) is 6.78. The van der Waals surface area contributed by atoms with Crippen LogP contribution >= 0.6 is 0 Å². The van der Waals surface area contributed by atoms with Gasteiger partial charge in [0.05, 0.1) is 0 Å². The SMILES string of the molecule is CC(C(=O)Nc1ccc(N2CCCC2=O)cc1)n1cncn1. The van der Waals surface area contributed by atoms with Crippen LogP contribution in [0.1, 0.15) is 25.8 Å². The van der Waals surface area contributed by atoms with Gasteiger partial charge in [-0.2, -0.15) is 5.10 Å². The lowest BCUT2D eigenvalue weighted by Gasteiger charge is -2.16. The van der Waals surface area contributed by atoms with E-state index in [-0.39, 0.29) is 11.8 Å². The van der Waals surface area contributed by atoms with Crippen molar-refractivity contribution in [2.45, 2.75) is 25.8 Å². The first-order valence-electron chi connectivity index (χ1n) is 7.20. The molecule has 1 saturated heterocycles. The van der Waals surface area contributed by atoms with E-state index in [0.29, 0.717) is 12.1 Å². The lowest BCUT2D eigenvalue weighted by atomic mass is 10.2. The van der Waals surface area contributed by atoms with Gasteiger partial charge in [0.15, 0.2) is 0 Å². The first kappa shape index (κ1) is 14.2. The third-order valence-corrected chi connectivity index (χ3v) is 3.73. The van der Waals surface area contributed by atoms with Crippen LogP contribution < -0.4 is 10.2 Å². The molecular weight excluding hydrogens is 282 g/mol. The number of rotatable bonds is 4. The van der Waals surface area contributed by atoms with Crippen molar-refractivity contribution in [2.75, 3.05) is 16.8 Å². The quantitative estimate of drug-likeness (QED) is 0.930. The maximum atomic E-state index is 12.1. The number of hydrogen-bond acceptors (Lipinski definition) is 4. The van der Waals surface area contributed by atoms with Gasteiger partial charge in [0.2, 0.25) is 11.8 Å². The summed E-state index contributed by atoms with van der Waals surface area (Å²) < 4.78 is 1.49. The summed E-state index contributed by atoms with van der Waals surface area (Å²) in [4.78, 5) is 29.4. The molecule has 7 nitrogen and oxygen atoms in total. The minimum Gasteiger partial charge on any atom is -0.324 e. The molecule has 22 heavy (non-hydrogen) atoms. The molecule has 0 radical (unpaired) electrons. The van der Waals surface area contributed by atoms with Crippen molar-refractivity contribution in [1.29, 1.82) is 0 Å². The Morgan fingerprint density at radius 3 is 2.68 bits per heavy atom. The molecule has 1 aliphatic heterocycles. The number of benzene rings is 1. The number of carbonyl (C=O) groups is 2. The van der Waals surface area contributed by atoms with Gasteiger partial charge in [-0.05, 0) is 37.6 Å². The second-order valence-corrected chi connectivity index (χ2v) is 5.24. The van der Waals surface area contributed by atoms with E-state index in [2.05, 4.69) is 15.4 Å². The molecule has 1 aliphatic rings. The summed E-state index contributed by atoms with van der Waals surface area (Å²) in [5.41, 5.74) is 1.55. The van der Waals surface area contributed by atoms with E-state index in [1.807, 2.05) is 12.1 Å². The number of carbonyl (C=O) groups excluding carboxylic acids is 2. The Labute approximate surface area is 127 Å². The van der Waals surface area contributed by atoms with Crippen LogP contribution in [-0.2, 0) is 9.59 Å². The average molecular weight is 299 g/mol. The van der Waals surface area contributed by atoms with Crippen molar-refractivity contribution in [3.05, 3.63) is 36.9 Å². The summed E-state index contributed by atoms with van der Waals surface area (Å²) in [5.74, 6) is -0.0212. The first-order valence-corrected chi connectivity index (χ1v) is 7.20. The topological polar surface area (TPSA) is 80.1 Å². The number of nitrogens with zero attached hydrogens (tertiary/aromatic N) is 4. The zero-order chi connectivity index (χ0) is 15.5. The van der Waals surface area contributed by atoms with Crippen molar-refractivity contribution in [3.63, 3.8) is 0 Å². The normalized spacial score (nSPS) is 15.9. The van der Waals surface area contributed by atoms with E-state index in [1.165, 1.54) is 17.3 Å². The van der Waals surface area contributed by atoms with Crippen molar-refractivity contribution in [2.24, 2.45) is 0 Å². The monoisotopic (exact) mass is 299 g/mol. The molecule has 0 spiro atoms. The molecule has 2 amide bonds. The van der Waals surface area contributed by atoms with Gasteiger partial charge in [0.25, 0.3) is 0 Å². The van der Waals surface area contributed by atoms with Crippen molar-refractivity contribution in [1.82, 2.24) is 14.8 Å². The van der Waals surface area contributed by atoms with E-state index < -0.39 is 6.04 Å². The highest BCUT2D eigenvalue weighted by atomic mass is 16.2. The zero-order valence-electron chi connectivity index (χ0n) is 12.3. The Kier molecular flexibility index (Phi) is 3.86. The molecule has 1 aromatic heterocycles. The molecule has 3 rings (SSSR count). The summed E-state index contributed by atoms with van der Waals surface area (Å²) in [6.07, 6.45) is 4.40. The molecule has 2 heterocycles. The second-order valence-electron chi connectivity index (χ2n) is 5.24. The largest absolute Gasteiger partial charge is 0.324 e. The first-order chi connectivity index (χ1) is 10.6. The van der Waals surface area contributed by atoms with Crippen molar-refractivity contribution in [3.8, 4) is 0 Å². The third kappa shape index (κ3) is 2.83. The van der Waals surface area contributed by atoms with Crippen molar-refractivity contribution < 1.29 is 9.59 Å². The molecule has 0 bridgehead atoms. The van der Waals surface area contributed by atoms with E-state index in [1.54, 1.807) is 24.0 Å². The Morgan fingerprint density at radius 2 is 2.09 bits per heavy atom. The van der Waals surface area contributed by atoms with Gasteiger partial charge in [-0.25, -0.2) is 9.67 Å². The predicted octanol–water partition coefficient (Wildman–Crippen LogP) is 1.60. The highest BCUT2D eigenvalue weighted by molar-refractivity contribution is 5.96. The average Bonchev–Trinajstić information content (AvgIpc) is 3.19. The second kappa shape index (κ2) is 5.97. The molecule has 1 atom stereocenters. The molecule has 1 N–H and O–H groups in total. The van der Waals surface area contributed by atoms with E-state index in [4.69, 9.17) is 0 Å². The molecule has 1 unspecified atom stereocenters. The Bertz CT molecular complexity index is 666. The highest BCUT2D eigenvalue weighted by Gasteiger charge is 2.21. The predicted molar refractivity (Wildman–Crippen MR) is 81.4 cm³/mol. The number of aromatic nitrogens is 3. The fourth-order valence-corrected chi connectivity index (χ4v) is 2.43. The van der Waals surface area contributed by atoms with Crippen LogP contribution in [-0.4, -0.2) is 33.1 Å². The summed E-state index contributed by atoms with van der Waals surface area (Å²) >= 11 is 0. The highest BCUT2D eigenvalue weighted by Crippen LogP contribution is 2.23. The van der Waals surface area contributed by atoms with Crippen LogP contribution in [0.25, 0.3) is 0 Å². The van der Waals surface area contributed by atoms with Gasteiger partial charge >= 0.3 is 0 Å². The van der Waals surface area contributed by atoms with Crippen LogP contribution in [0.4, 0.5) is 11.4 Å². The lowest BCUT2D eigenvalue weighted by molar-refractivity contribution is -0.119. The maximum Gasteiger partial charge on any atom is 0.249 e. The van der Waals surface area contributed by atoms with Gasteiger partial charge in [-0.15, -0.1) is 0 Å². The molecule has 1 fully saturated rings. The van der Waals surface area contributed by atoms with E-state index >= 15 is 0 Å². The fourth-order valence-electron chi connectivity index (χ4n) is 2.43. The molecule has 1 aromatic carbocycles. The zero-order valence-corrected chi connectivity index (χ0v) is 12.3.